The van der Waals surface area contributed by atoms with Crippen LogP contribution in [0.3, 0.4) is 0 Å². The smallest absolute Gasteiger partial charge is 0.159 e. The summed E-state index contributed by atoms with van der Waals surface area (Å²) < 4.78 is 13.1. The van der Waals surface area contributed by atoms with E-state index in [4.69, 9.17) is 8.83 Å². The Morgan fingerprint density at radius 1 is 0.243 bits per heavy atom. The monoisotopic (exact) mass is 944 g/mol. The van der Waals surface area contributed by atoms with Crippen molar-refractivity contribution < 1.29 is 8.83 Å². The number of anilines is 6. The summed E-state index contributed by atoms with van der Waals surface area (Å²) in [5.41, 5.74) is 14.4. The molecule has 2 aromatic heterocycles. The van der Waals surface area contributed by atoms with E-state index in [1.807, 2.05) is 18.2 Å². The first-order valence-corrected chi connectivity index (χ1v) is 25.2. The van der Waals surface area contributed by atoms with Crippen molar-refractivity contribution in [1.29, 1.82) is 0 Å². The molecule has 0 atom stereocenters. The fraction of sp³-hybridized carbons (Fsp3) is 0. The van der Waals surface area contributed by atoms with E-state index in [0.717, 1.165) is 106 Å². The van der Waals surface area contributed by atoms with Crippen molar-refractivity contribution in [3.8, 4) is 22.3 Å². The molecule has 74 heavy (non-hydrogen) atoms. The number of rotatable bonds is 8. The minimum atomic E-state index is 0.852. The van der Waals surface area contributed by atoms with E-state index in [1.165, 1.54) is 37.7 Å². The van der Waals surface area contributed by atoms with Crippen LogP contribution in [0.5, 0.6) is 0 Å². The molecule has 0 aliphatic rings. The van der Waals surface area contributed by atoms with E-state index in [2.05, 4.69) is 259 Å². The number of benzene rings is 13. The van der Waals surface area contributed by atoms with Gasteiger partial charge in [-0.05, 0) is 127 Å². The lowest BCUT2D eigenvalue weighted by atomic mass is 9.90. The molecule has 0 radical (unpaired) electrons. The molecular weight excluding hydrogens is 901 g/mol. The highest BCUT2D eigenvalue weighted by Gasteiger charge is 2.24. The summed E-state index contributed by atoms with van der Waals surface area (Å²) in [7, 11) is 0. The summed E-state index contributed by atoms with van der Waals surface area (Å²) in [6, 6.07) is 96.1. The van der Waals surface area contributed by atoms with Gasteiger partial charge in [0, 0.05) is 49.7 Å². The number of hydrogen-bond donors (Lipinski definition) is 0. The van der Waals surface area contributed by atoms with Crippen LogP contribution in [0.4, 0.5) is 34.1 Å². The Balaban J connectivity index is 0.935. The van der Waals surface area contributed by atoms with Crippen molar-refractivity contribution in [2.75, 3.05) is 9.80 Å². The third kappa shape index (κ3) is 6.62. The van der Waals surface area contributed by atoms with Crippen LogP contribution in [0.15, 0.2) is 276 Å². The number of hydrogen-bond acceptors (Lipinski definition) is 4. The predicted molar refractivity (Wildman–Crippen MR) is 311 cm³/mol. The molecule has 0 spiro atoms. The average Bonchev–Trinajstić information content (AvgIpc) is 4.05. The van der Waals surface area contributed by atoms with E-state index in [1.54, 1.807) is 0 Å². The van der Waals surface area contributed by atoms with Gasteiger partial charge >= 0.3 is 0 Å². The Hall–Kier alpha value is -9.90. The molecule has 15 aromatic rings. The minimum absolute atomic E-state index is 0.852. The summed E-state index contributed by atoms with van der Waals surface area (Å²) in [4.78, 5) is 4.79. The molecule has 0 unspecified atom stereocenters. The van der Waals surface area contributed by atoms with Crippen LogP contribution in [-0.2, 0) is 0 Å². The van der Waals surface area contributed by atoms with Gasteiger partial charge in [-0.2, -0.15) is 0 Å². The first kappa shape index (κ1) is 41.8. The molecule has 346 valence electrons. The average molecular weight is 945 g/mol. The number of nitrogens with zero attached hydrogens (tertiary/aromatic N) is 2. The number of furan rings is 2. The van der Waals surface area contributed by atoms with Crippen LogP contribution >= 0.6 is 0 Å². The molecule has 0 aliphatic carbocycles. The Kier molecular flexibility index (Phi) is 9.54. The standard InChI is InChI=1S/C70H44N2O2/c1-3-18-45(19-4-1)51-22-9-13-29-63(51)71(50-37-41-68-62(44-50)57-26-12-15-32-66(57)73-68)49-36-40-55-59-38-34-47-42-48(35-39-53(47)69(59)58-27-8-7-24-54(58)61(55)43-49)72(64-30-14-10-23-52(64)46-20-5-2-6-21-46)65-31-17-28-60-56-25-11-16-33-67(56)74-70(60)65/h1-44H. The molecule has 13 aromatic carbocycles. The second kappa shape index (κ2) is 16.9. The molecule has 0 bridgehead atoms. The lowest BCUT2D eigenvalue weighted by Crippen LogP contribution is -2.11. The first-order valence-electron chi connectivity index (χ1n) is 25.2. The predicted octanol–water partition coefficient (Wildman–Crippen LogP) is 20.4. The lowest BCUT2D eigenvalue weighted by molar-refractivity contribution is 0.668. The Bertz CT molecular complexity index is 4670. The van der Waals surface area contributed by atoms with E-state index in [-0.39, 0.29) is 0 Å². The van der Waals surface area contributed by atoms with Crippen LogP contribution in [0.1, 0.15) is 0 Å². The highest BCUT2D eigenvalue weighted by atomic mass is 16.3. The van der Waals surface area contributed by atoms with Gasteiger partial charge in [0.05, 0.1) is 17.1 Å². The lowest BCUT2D eigenvalue weighted by Gasteiger charge is -2.29. The summed E-state index contributed by atoms with van der Waals surface area (Å²) in [6.07, 6.45) is 0. The van der Waals surface area contributed by atoms with E-state index in [0.29, 0.717) is 0 Å². The highest BCUT2D eigenvalue weighted by Crippen LogP contribution is 2.49. The molecule has 4 nitrogen and oxygen atoms in total. The van der Waals surface area contributed by atoms with Crippen LogP contribution in [0.2, 0.25) is 0 Å². The van der Waals surface area contributed by atoms with Crippen LogP contribution in [0, 0.1) is 0 Å². The first-order chi connectivity index (χ1) is 36.7. The third-order valence-corrected chi connectivity index (χ3v) is 15.0. The second-order valence-corrected chi connectivity index (χ2v) is 19.1. The van der Waals surface area contributed by atoms with Gasteiger partial charge in [0.1, 0.15) is 16.7 Å². The Morgan fingerprint density at radius 2 is 0.703 bits per heavy atom. The molecule has 2 heterocycles. The van der Waals surface area contributed by atoms with Crippen molar-refractivity contribution in [3.05, 3.63) is 267 Å². The van der Waals surface area contributed by atoms with Crippen molar-refractivity contribution in [3.63, 3.8) is 0 Å². The van der Waals surface area contributed by atoms with Crippen molar-refractivity contribution in [2.24, 2.45) is 0 Å². The molecule has 0 saturated carbocycles. The Morgan fingerprint density at radius 3 is 1.42 bits per heavy atom. The molecule has 0 amide bonds. The van der Waals surface area contributed by atoms with Crippen molar-refractivity contribution in [2.45, 2.75) is 0 Å². The van der Waals surface area contributed by atoms with Gasteiger partial charge in [0.2, 0.25) is 0 Å². The molecule has 0 saturated heterocycles. The van der Waals surface area contributed by atoms with Crippen LogP contribution in [0.25, 0.3) is 109 Å². The summed E-state index contributed by atoms with van der Waals surface area (Å²) in [5, 5.41) is 14.0. The van der Waals surface area contributed by atoms with Crippen LogP contribution in [-0.4, -0.2) is 0 Å². The molecule has 15 rings (SSSR count). The SMILES string of the molecule is c1ccc(-c2ccccc2N(c2ccc3oc4ccccc4c3c2)c2ccc3c(c2)c2ccccc2c2c4ccc(N(c5ccccc5-c5ccccc5)c5cccc6c5oc5ccccc56)cc4ccc32)cc1. The zero-order valence-corrected chi connectivity index (χ0v) is 40.1. The summed E-state index contributed by atoms with van der Waals surface area (Å²) in [5.74, 6) is 0. The van der Waals surface area contributed by atoms with Gasteiger partial charge in [-0.1, -0.05) is 194 Å². The maximum atomic E-state index is 6.77. The van der Waals surface area contributed by atoms with Gasteiger partial charge in [0.25, 0.3) is 0 Å². The molecule has 4 heteroatoms. The second-order valence-electron chi connectivity index (χ2n) is 19.1. The highest BCUT2D eigenvalue weighted by molar-refractivity contribution is 6.32. The van der Waals surface area contributed by atoms with Gasteiger partial charge in [-0.25, -0.2) is 0 Å². The molecular formula is C70H44N2O2. The minimum Gasteiger partial charge on any atom is -0.456 e. The molecule has 0 fully saturated rings. The largest absolute Gasteiger partial charge is 0.456 e. The van der Waals surface area contributed by atoms with E-state index < -0.39 is 0 Å². The third-order valence-electron chi connectivity index (χ3n) is 15.0. The number of fused-ring (bicyclic) bond motifs is 14. The maximum Gasteiger partial charge on any atom is 0.159 e. The van der Waals surface area contributed by atoms with E-state index in [9.17, 15) is 0 Å². The van der Waals surface area contributed by atoms with Crippen LogP contribution < -0.4 is 9.80 Å². The fourth-order valence-electron chi connectivity index (χ4n) is 11.7. The summed E-state index contributed by atoms with van der Waals surface area (Å²) in [6.45, 7) is 0. The van der Waals surface area contributed by atoms with Crippen molar-refractivity contribution in [1.82, 2.24) is 0 Å². The zero-order chi connectivity index (χ0) is 48.7. The fourth-order valence-corrected chi connectivity index (χ4v) is 11.7. The Labute approximate surface area is 426 Å². The quantitative estimate of drug-likeness (QED) is 0.142. The maximum absolute atomic E-state index is 6.77. The molecule has 0 aliphatic heterocycles. The molecule has 0 N–H and O–H groups in total. The summed E-state index contributed by atoms with van der Waals surface area (Å²) >= 11 is 0. The van der Waals surface area contributed by atoms with Gasteiger partial charge in [0.15, 0.2) is 5.58 Å². The van der Waals surface area contributed by atoms with Gasteiger partial charge in [-0.3, -0.25) is 0 Å². The topological polar surface area (TPSA) is 32.8 Å². The van der Waals surface area contributed by atoms with Crippen molar-refractivity contribution >= 4 is 121 Å². The zero-order valence-electron chi connectivity index (χ0n) is 40.1. The normalized spacial score (nSPS) is 11.8. The van der Waals surface area contributed by atoms with Gasteiger partial charge < -0.3 is 18.6 Å². The number of para-hydroxylation sites is 5. The van der Waals surface area contributed by atoms with Gasteiger partial charge in [-0.15, -0.1) is 0 Å². The van der Waals surface area contributed by atoms with E-state index >= 15 is 0 Å².